The molecule has 0 N–H and O–H groups in total. The van der Waals surface area contributed by atoms with Crippen molar-refractivity contribution in [3.8, 4) is 0 Å². The molecule has 2 heteroatoms. The Bertz CT molecular complexity index is 256. The lowest BCUT2D eigenvalue weighted by Crippen LogP contribution is -1.92. The third-order valence-corrected chi connectivity index (χ3v) is 2.22. The van der Waals surface area contributed by atoms with Crippen LogP contribution in [0.4, 0.5) is 0 Å². The average molecular weight is 170 g/mol. The molecule has 0 spiro atoms. The first-order chi connectivity index (χ1) is 5.13. The first-order valence-corrected chi connectivity index (χ1v) is 4.10. The first kappa shape index (κ1) is 8.54. The fraction of sp³-hybridized carbons (Fsp3) is 0.444. The van der Waals surface area contributed by atoms with Gasteiger partial charge in [-0.05, 0) is 24.0 Å². The maximum atomic E-state index is 6.05. The van der Waals surface area contributed by atoms with E-state index >= 15 is 0 Å². The standard InChI is InChI=1S/C9H12ClN/c1-6(2)8-5-11-4-7(3)9(8)10/h4-6H,1-3H3. The van der Waals surface area contributed by atoms with Gasteiger partial charge in [0.1, 0.15) is 0 Å². The second-order valence-electron chi connectivity index (χ2n) is 3.01. The molecular weight excluding hydrogens is 158 g/mol. The van der Waals surface area contributed by atoms with Crippen molar-refractivity contribution < 1.29 is 0 Å². The second-order valence-corrected chi connectivity index (χ2v) is 3.39. The molecule has 11 heavy (non-hydrogen) atoms. The highest BCUT2D eigenvalue weighted by Gasteiger charge is 2.06. The molecule has 0 amide bonds. The van der Waals surface area contributed by atoms with Crippen LogP contribution in [0.2, 0.25) is 5.02 Å². The summed E-state index contributed by atoms with van der Waals surface area (Å²) in [5.74, 6) is 0.454. The van der Waals surface area contributed by atoms with Crippen LogP contribution in [0, 0.1) is 6.92 Å². The van der Waals surface area contributed by atoms with Gasteiger partial charge in [0, 0.05) is 17.4 Å². The molecule has 60 valence electrons. The van der Waals surface area contributed by atoms with Gasteiger partial charge in [-0.1, -0.05) is 25.4 Å². The van der Waals surface area contributed by atoms with E-state index in [1.54, 1.807) is 6.20 Å². The van der Waals surface area contributed by atoms with Gasteiger partial charge in [-0.25, -0.2) is 0 Å². The van der Waals surface area contributed by atoms with Crippen LogP contribution in [0.5, 0.6) is 0 Å². The molecule has 0 unspecified atom stereocenters. The summed E-state index contributed by atoms with van der Waals surface area (Å²) < 4.78 is 0. The van der Waals surface area contributed by atoms with Gasteiger partial charge in [-0.2, -0.15) is 0 Å². The number of hydrogen-bond donors (Lipinski definition) is 0. The van der Waals surface area contributed by atoms with E-state index in [2.05, 4.69) is 18.8 Å². The maximum Gasteiger partial charge on any atom is 0.0500 e. The molecule has 1 aromatic rings. The van der Waals surface area contributed by atoms with Gasteiger partial charge in [-0.15, -0.1) is 0 Å². The summed E-state index contributed by atoms with van der Waals surface area (Å²) in [6, 6.07) is 0. The molecule has 1 nitrogen and oxygen atoms in total. The van der Waals surface area contributed by atoms with Gasteiger partial charge >= 0.3 is 0 Å². The maximum absolute atomic E-state index is 6.05. The van der Waals surface area contributed by atoms with Gasteiger partial charge in [0.15, 0.2) is 0 Å². The van der Waals surface area contributed by atoms with Crippen molar-refractivity contribution in [2.45, 2.75) is 26.7 Å². The molecular formula is C9H12ClN. The number of halogens is 1. The zero-order valence-electron chi connectivity index (χ0n) is 7.06. The minimum absolute atomic E-state index is 0.454. The van der Waals surface area contributed by atoms with E-state index in [-0.39, 0.29) is 0 Å². The molecule has 0 aliphatic heterocycles. The summed E-state index contributed by atoms with van der Waals surface area (Å²) in [5.41, 5.74) is 2.18. The fourth-order valence-corrected chi connectivity index (χ4v) is 1.29. The zero-order chi connectivity index (χ0) is 8.43. The third-order valence-electron chi connectivity index (χ3n) is 1.70. The van der Waals surface area contributed by atoms with Gasteiger partial charge in [0.05, 0.1) is 0 Å². The molecule has 1 aromatic heterocycles. The van der Waals surface area contributed by atoms with E-state index in [1.807, 2.05) is 13.1 Å². The molecule has 1 rings (SSSR count). The van der Waals surface area contributed by atoms with E-state index < -0.39 is 0 Å². The van der Waals surface area contributed by atoms with Crippen molar-refractivity contribution >= 4 is 11.6 Å². The lowest BCUT2D eigenvalue weighted by molar-refractivity contribution is 0.856. The molecule has 0 saturated heterocycles. The summed E-state index contributed by atoms with van der Waals surface area (Å²) in [7, 11) is 0. The minimum atomic E-state index is 0.454. The van der Waals surface area contributed by atoms with Gasteiger partial charge in [0.2, 0.25) is 0 Å². The number of nitrogens with zero attached hydrogens (tertiary/aromatic N) is 1. The Morgan fingerprint density at radius 1 is 1.36 bits per heavy atom. The molecule has 1 heterocycles. The van der Waals surface area contributed by atoms with Crippen molar-refractivity contribution in [3.05, 3.63) is 28.5 Å². The molecule has 0 aromatic carbocycles. The van der Waals surface area contributed by atoms with Gasteiger partial charge < -0.3 is 0 Å². The highest BCUT2D eigenvalue weighted by atomic mass is 35.5. The first-order valence-electron chi connectivity index (χ1n) is 3.73. The average Bonchev–Trinajstić information content (AvgIpc) is 1.94. The second kappa shape index (κ2) is 3.22. The number of hydrogen-bond acceptors (Lipinski definition) is 1. The van der Waals surface area contributed by atoms with Crippen LogP contribution in [0.25, 0.3) is 0 Å². The molecule has 0 saturated carbocycles. The molecule has 0 atom stereocenters. The van der Waals surface area contributed by atoms with Crippen LogP contribution < -0.4 is 0 Å². The molecule has 0 bridgehead atoms. The van der Waals surface area contributed by atoms with E-state index in [4.69, 9.17) is 11.6 Å². The number of rotatable bonds is 1. The molecule has 0 radical (unpaired) electrons. The third kappa shape index (κ3) is 1.72. The van der Waals surface area contributed by atoms with Crippen LogP contribution in [0.1, 0.15) is 30.9 Å². The summed E-state index contributed by atoms with van der Waals surface area (Å²) in [6.45, 7) is 6.20. The Kier molecular flexibility index (Phi) is 2.50. The zero-order valence-corrected chi connectivity index (χ0v) is 7.81. The van der Waals surface area contributed by atoms with Crippen LogP contribution in [-0.2, 0) is 0 Å². The minimum Gasteiger partial charge on any atom is -0.264 e. The van der Waals surface area contributed by atoms with E-state index in [1.165, 1.54) is 0 Å². The molecule has 0 aliphatic carbocycles. The summed E-state index contributed by atoms with van der Waals surface area (Å²) in [4.78, 5) is 4.08. The number of aromatic nitrogens is 1. The largest absolute Gasteiger partial charge is 0.264 e. The monoisotopic (exact) mass is 169 g/mol. The highest BCUT2D eigenvalue weighted by Crippen LogP contribution is 2.25. The Morgan fingerprint density at radius 2 is 2.00 bits per heavy atom. The Morgan fingerprint density at radius 3 is 2.45 bits per heavy atom. The Hall–Kier alpha value is -0.560. The van der Waals surface area contributed by atoms with E-state index in [9.17, 15) is 0 Å². The molecule has 0 fully saturated rings. The predicted octanol–water partition coefficient (Wildman–Crippen LogP) is 3.17. The van der Waals surface area contributed by atoms with Crippen molar-refractivity contribution in [2.75, 3.05) is 0 Å². The summed E-state index contributed by atoms with van der Waals surface area (Å²) in [6.07, 6.45) is 3.62. The Labute approximate surface area is 72.4 Å². The van der Waals surface area contributed by atoms with E-state index in [0.717, 1.165) is 16.1 Å². The van der Waals surface area contributed by atoms with Crippen molar-refractivity contribution in [3.63, 3.8) is 0 Å². The Balaban J connectivity index is 3.17. The van der Waals surface area contributed by atoms with Crippen LogP contribution in [-0.4, -0.2) is 4.98 Å². The fourth-order valence-electron chi connectivity index (χ4n) is 0.973. The lowest BCUT2D eigenvalue weighted by atomic mass is 10.0. The van der Waals surface area contributed by atoms with Crippen molar-refractivity contribution in [1.29, 1.82) is 0 Å². The normalized spacial score (nSPS) is 10.6. The smallest absolute Gasteiger partial charge is 0.0500 e. The quantitative estimate of drug-likeness (QED) is 0.630. The number of aryl methyl sites for hydroxylation is 1. The SMILES string of the molecule is Cc1cncc(C(C)C)c1Cl. The van der Waals surface area contributed by atoms with Gasteiger partial charge in [-0.3, -0.25) is 4.98 Å². The summed E-state index contributed by atoms with van der Waals surface area (Å²) in [5, 5.41) is 0.856. The molecule has 0 aliphatic rings. The predicted molar refractivity (Wildman–Crippen MR) is 48.1 cm³/mol. The number of pyridine rings is 1. The van der Waals surface area contributed by atoms with Gasteiger partial charge in [0.25, 0.3) is 0 Å². The van der Waals surface area contributed by atoms with E-state index in [0.29, 0.717) is 5.92 Å². The summed E-state index contributed by atoms with van der Waals surface area (Å²) >= 11 is 6.05. The van der Waals surface area contributed by atoms with Crippen molar-refractivity contribution in [1.82, 2.24) is 4.98 Å². The lowest BCUT2D eigenvalue weighted by Gasteiger charge is -2.08. The van der Waals surface area contributed by atoms with Crippen molar-refractivity contribution in [2.24, 2.45) is 0 Å². The van der Waals surface area contributed by atoms with Crippen LogP contribution >= 0.6 is 11.6 Å². The topological polar surface area (TPSA) is 12.9 Å². The van der Waals surface area contributed by atoms with Crippen LogP contribution in [0.3, 0.4) is 0 Å². The highest BCUT2D eigenvalue weighted by molar-refractivity contribution is 6.32. The van der Waals surface area contributed by atoms with Crippen LogP contribution in [0.15, 0.2) is 12.4 Å².